The largest absolute Gasteiger partial charge is 0.467 e. The fraction of sp³-hybridized carbons (Fsp3) is 0.500. The summed E-state index contributed by atoms with van der Waals surface area (Å²) in [6.45, 7) is 9.48. The summed E-state index contributed by atoms with van der Waals surface area (Å²) in [6, 6.07) is 7.41. The van der Waals surface area contributed by atoms with Crippen molar-refractivity contribution in [2.75, 3.05) is 20.5 Å². The number of benzene rings is 1. The molecule has 0 unspecified atom stereocenters. The van der Waals surface area contributed by atoms with Crippen molar-refractivity contribution in [2.45, 2.75) is 45.1 Å². The van der Waals surface area contributed by atoms with Crippen molar-refractivity contribution in [1.82, 2.24) is 4.90 Å². The molecule has 1 heterocycles. The summed E-state index contributed by atoms with van der Waals surface area (Å²) in [5, 5.41) is 0. The standard InChI is InChI=1S/C20H29NO5Si/c1-15-12-17(20(23)24-2)21(13-15)19(22)16-8-6-7-9-18(16)26-14-25-10-11-27(3,4)5/h6-9,13,17H,10-12,14H2,1-5H3/t17-/m0/s1. The third kappa shape index (κ3) is 5.94. The number of methoxy groups -OCH3 is 1. The summed E-state index contributed by atoms with van der Waals surface area (Å²) in [7, 11) is 0.173. The van der Waals surface area contributed by atoms with E-state index in [1.165, 1.54) is 12.0 Å². The van der Waals surface area contributed by atoms with E-state index in [1.54, 1.807) is 30.5 Å². The van der Waals surface area contributed by atoms with Crippen LogP contribution in [-0.2, 0) is 14.3 Å². The molecular formula is C20H29NO5Si. The number of carbonyl (C=O) groups is 2. The Labute approximate surface area is 162 Å². The molecule has 1 aliphatic heterocycles. The van der Waals surface area contributed by atoms with Crippen molar-refractivity contribution < 1.29 is 23.8 Å². The van der Waals surface area contributed by atoms with Gasteiger partial charge in [0.15, 0.2) is 6.79 Å². The van der Waals surface area contributed by atoms with Gasteiger partial charge >= 0.3 is 5.97 Å². The molecule has 0 saturated heterocycles. The minimum atomic E-state index is -1.15. The number of nitrogens with zero attached hydrogens (tertiary/aromatic N) is 1. The monoisotopic (exact) mass is 391 g/mol. The van der Waals surface area contributed by atoms with E-state index >= 15 is 0 Å². The van der Waals surface area contributed by atoms with Crippen molar-refractivity contribution in [3.05, 3.63) is 41.6 Å². The zero-order valence-electron chi connectivity index (χ0n) is 16.8. The van der Waals surface area contributed by atoms with Gasteiger partial charge in [-0.2, -0.15) is 0 Å². The molecule has 6 nitrogen and oxygen atoms in total. The van der Waals surface area contributed by atoms with Gasteiger partial charge in [0.25, 0.3) is 5.91 Å². The van der Waals surface area contributed by atoms with Gasteiger partial charge in [-0.1, -0.05) is 37.3 Å². The van der Waals surface area contributed by atoms with Gasteiger partial charge in [0.2, 0.25) is 0 Å². The molecule has 1 aliphatic rings. The van der Waals surface area contributed by atoms with Crippen molar-refractivity contribution >= 4 is 20.0 Å². The Hall–Kier alpha value is -2.12. The first kappa shape index (κ1) is 21.2. The lowest BCUT2D eigenvalue weighted by molar-refractivity contribution is -0.144. The van der Waals surface area contributed by atoms with Crippen molar-refractivity contribution in [2.24, 2.45) is 0 Å². The van der Waals surface area contributed by atoms with E-state index in [-0.39, 0.29) is 12.7 Å². The highest BCUT2D eigenvalue weighted by atomic mass is 28.3. The van der Waals surface area contributed by atoms with Crippen molar-refractivity contribution in [3.63, 3.8) is 0 Å². The molecular weight excluding hydrogens is 362 g/mol. The normalized spacial score (nSPS) is 16.9. The molecule has 7 heteroatoms. The van der Waals surface area contributed by atoms with Gasteiger partial charge in [-0.25, -0.2) is 4.79 Å². The maximum Gasteiger partial charge on any atom is 0.329 e. The number of hydrogen-bond acceptors (Lipinski definition) is 5. The van der Waals surface area contributed by atoms with E-state index in [4.69, 9.17) is 14.2 Å². The second kappa shape index (κ2) is 9.19. The quantitative estimate of drug-likeness (QED) is 0.293. The smallest absolute Gasteiger partial charge is 0.329 e. The summed E-state index contributed by atoms with van der Waals surface area (Å²) < 4.78 is 16.1. The van der Waals surface area contributed by atoms with Gasteiger partial charge in [-0.15, -0.1) is 0 Å². The number of carbonyl (C=O) groups excluding carboxylic acids is 2. The molecule has 27 heavy (non-hydrogen) atoms. The zero-order valence-corrected chi connectivity index (χ0v) is 17.8. The number of amides is 1. The lowest BCUT2D eigenvalue weighted by Gasteiger charge is -2.22. The molecule has 1 aromatic rings. The Morgan fingerprint density at radius 1 is 1.22 bits per heavy atom. The Kier molecular flexibility index (Phi) is 7.21. The Balaban J connectivity index is 2.05. The Morgan fingerprint density at radius 2 is 1.93 bits per heavy atom. The molecule has 0 aliphatic carbocycles. The van der Waals surface area contributed by atoms with E-state index in [1.807, 2.05) is 6.92 Å². The second-order valence-corrected chi connectivity index (χ2v) is 13.5. The van der Waals surface area contributed by atoms with Crippen LogP contribution in [0.1, 0.15) is 23.7 Å². The van der Waals surface area contributed by atoms with Crippen LogP contribution < -0.4 is 4.74 Å². The molecule has 0 aromatic heterocycles. The first-order chi connectivity index (χ1) is 12.7. The maximum absolute atomic E-state index is 13.0. The molecule has 1 amide bonds. The summed E-state index contributed by atoms with van der Waals surface area (Å²) in [4.78, 5) is 26.5. The predicted octanol–water partition coefficient (Wildman–Crippen LogP) is 3.67. The van der Waals surface area contributed by atoms with Gasteiger partial charge < -0.3 is 19.1 Å². The van der Waals surface area contributed by atoms with Crippen LogP contribution in [0.3, 0.4) is 0 Å². The van der Waals surface area contributed by atoms with Crippen molar-refractivity contribution in [3.8, 4) is 5.75 Å². The topological polar surface area (TPSA) is 65.1 Å². The average Bonchev–Trinajstić information content (AvgIpc) is 3.01. The summed E-state index contributed by atoms with van der Waals surface area (Å²) in [5.74, 6) is -0.276. The highest BCUT2D eigenvalue weighted by molar-refractivity contribution is 6.76. The summed E-state index contributed by atoms with van der Waals surface area (Å²) >= 11 is 0. The van der Waals surface area contributed by atoms with Crippen LogP contribution >= 0.6 is 0 Å². The molecule has 148 valence electrons. The average molecular weight is 392 g/mol. The fourth-order valence-corrected chi connectivity index (χ4v) is 3.52. The Bertz CT molecular complexity index is 711. The molecule has 0 spiro atoms. The molecule has 2 rings (SSSR count). The molecule has 1 aromatic carbocycles. The lowest BCUT2D eigenvalue weighted by Crippen LogP contribution is -2.39. The first-order valence-corrected chi connectivity index (χ1v) is 12.8. The maximum atomic E-state index is 13.0. The molecule has 0 fully saturated rings. The number of hydrogen-bond donors (Lipinski definition) is 0. The van der Waals surface area contributed by atoms with Crippen LogP contribution in [0.5, 0.6) is 5.75 Å². The minimum Gasteiger partial charge on any atom is -0.467 e. The van der Waals surface area contributed by atoms with Gasteiger partial charge in [0.05, 0.1) is 12.7 Å². The molecule has 0 bridgehead atoms. The SMILES string of the molecule is COC(=O)[C@@H]1CC(C)=CN1C(=O)c1ccccc1OCOCC[Si](C)(C)C. The van der Waals surface area contributed by atoms with Crippen LogP contribution in [0.15, 0.2) is 36.0 Å². The number of para-hydroxylation sites is 1. The third-order valence-electron chi connectivity index (χ3n) is 4.33. The third-order valence-corrected chi connectivity index (χ3v) is 6.03. The highest BCUT2D eigenvalue weighted by Gasteiger charge is 2.35. The fourth-order valence-electron chi connectivity index (χ4n) is 2.77. The summed E-state index contributed by atoms with van der Waals surface area (Å²) in [5.41, 5.74) is 1.35. The van der Waals surface area contributed by atoms with Crippen molar-refractivity contribution in [1.29, 1.82) is 0 Å². The number of rotatable bonds is 8. The van der Waals surface area contributed by atoms with E-state index < -0.39 is 20.1 Å². The van der Waals surface area contributed by atoms with E-state index in [0.29, 0.717) is 24.3 Å². The Morgan fingerprint density at radius 3 is 2.59 bits per heavy atom. The minimum absolute atomic E-state index is 0.0874. The van der Waals surface area contributed by atoms with Gasteiger partial charge in [0.1, 0.15) is 11.8 Å². The molecule has 0 radical (unpaired) electrons. The van der Waals surface area contributed by atoms with E-state index in [2.05, 4.69) is 19.6 Å². The first-order valence-electron chi connectivity index (χ1n) is 9.10. The van der Waals surface area contributed by atoms with Crippen LogP contribution in [-0.4, -0.2) is 51.4 Å². The second-order valence-electron chi connectivity index (χ2n) is 7.91. The van der Waals surface area contributed by atoms with Gasteiger partial charge in [-0.05, 0) is 25.1 Å². The van der Waals surface area contributed by atoms with Gasteiger partial charge in [-0.3, -0.25) is 4.79 Å². The van der Waals surface area contributed by atoms with E-state index in [9.17, 15) is 9.59 Å². The van der Waals surface area contributed by atoms with Crippen LogP contribution in [0.2, 0.25) is 25.7 Å². The highest BCUT2D eigenvalue weighted by Crippen LogP contribution is 2.27. The molecule has 0 N–H and O–H groups in total. The van der Waals surface area contributed by atoms with Gasteiger partial charge in [0, 0.05) is 27.3 Å². The van der Waals surface area contributed by atoms with Crippen LogP contribution in [0, 0.1) is 0 Å². The predicted molar refractivity (Wildman–Crippen MR) is 106 cm³/mol. The summed E-state index contributed by atoms with van der Waals surface area (Å²) in [6.07, 6.45) is 2.17. The number of esters is 1. The molecule has 0 saturated carbocycles. The van der Waals surface area contributed by atoms with Crippen LogP contribution in [0.4, 0.5) is 0 Å². The number of ether oxygens (including phenoxy) is 3. The zero-order chi connectivity index (χ0) is 20.0. The van der Waals surface area contributed by atoms with E-state index in [0.717, 1.165) is 11.6 Å². The lowest BCUT2D eigenvalue weighted by atomic mass is 10.1. The molecule has 1 atom stereocenters. The van der Waals surface area contributed by atoms with Crippen LogP contribution in [0.25, 0.3) is 0 Å².